The molecule has 2 aromatic carbocycles. The van der Waals surface area contributed by atoms with Crippen molar-refractivity contribution in [1.29, 1.82) is 0 Å². The molecule has 1 amide bonds. The van der Waals surface area contributed by atoms with Crippen LogP contribution < -0.4 is 15.5 Å². The number of rotatable bonds is 5. The Balaban J connectivity index is 1.39. The highest BCUT2D eigenvalue weighted by molar-refractivity contribution is 5.95. The van der Waals surface area contributed by atoms with Crippen LogP contribution in [-0.2, 0) is 0 Å². The predicted octanol–water partition coefficient (Wildman–Crippen LogP) is 4.27. The lowest BCUT2D eigenvalue weighted by Crippen LogP contribution is -2.41. The Kier molecular flexibility index (Phi) is 6.16. The van der Waals surface area contributed by atoms with Crippen LogP contribution >= 0.6 is 0 Å². The average molecular weight is 443 g/mol. The van der Waals surface area contributed by atoms with Crippen molar-refractivity contribution in [2.24, 2.45) is 0 Å². The van der Waals surface area contributed by atoms with E-state index in [-0.39, 0.29) is 12.1 Å². The van der Waals surface area contributed by atoms with Gasteiger partial charge in [0, 0.05) is 43.7 Å². The first-order valence-electron chi connectivity index (χ1n) is 10.5. The maximum Gasteiger partial charge on any atom is 0.257 e. The molecule has 2 N–H and O–H groups in total. The molecule has 1 aromatic heterocycles. The van der Waals surface area contributed by atoms with Crippen molar-refractivity contribution in [3.05, 3.63) is 59.4 Å². The van der Waals surface area contributed by atoms with E-state index in [0.29, 0.717) is 30.9 Å². The topological polar surface area (TPSA) is 70.2 Å². The summed E-state index contributed by atoms with van der Waals surface area (Å²) in [6, 6.07) is 8.70. The summed E-state index contributed by atoms with van der Waals surface area (Å²) in [5.41, 5.74) is 0.0884. The molecule has 0 aliphatic heterocycles. The molecule has 0 radical (unpaired) electrons. The molecule has 4 rings (SSSR count). The number of carbonyl (C=O) groups is 1. The molecule has 3 aromatic rings. The predicted molar refractivity (Wildman–Crippen MR) is 117 cm³/mol. The minimum Gasteiger partial charge on any atom is -0.362 e. The quantitative estimate of drug-likeness (QED) is 0.617. The third-order valence-corrected chi connectivity index (χ3v) is 5.64. The fourth-order valence-corrected chi connectivity index (χ4v) is 4.05. The van der Waals surface area contributed by atoms with Crippen molar-refractivity contribution >= 4 is 28.6 Å². The highest BCUT2D eigenvalue weighted by Gasteiger charge is 2.26. The second-order valence-corrected chi connectivity index (χ2v) is 8.19. The molecule has 0 bridgehead atoms. The molecule has 0 unspecified atom stereocenters. The van der Waals surface area contributed by atoms with Gasteiger partial charge in [-0.2, -0.15) is 4.98 Å². The first-order chi connectivity index (χ1) is 15.3. The third kappa shape index (κ3) is 4.61. The van der Waals surface area contributed by atoms with Crippen LogP contribution in [0.25, 0.3) is 10.9 Å². The summed E-state index contributed by atoms with van der Waals surface area (Å²) in [5, 5.41) is 7.00. The molecule has 1 aliphatic carbocycles. The van der Waals surface area contributed by atoms with Gasteiger partial charge >= 0.3 is 0 Å². The number of para-hydroxylation sites is 1. The maximum atomic E-state index is 13.9. The Hall–Kier alpha value is -3.36. The molecule has 1 saturated carbocycles. The van der Waals surface area contributed by atoms with Crippen LogP contribution in [0.3, 0.4) is 0 Å². The van der Waals surface area contributed by atoms with E-state index in [4.69, 9.17) is 0 Å². The number of halogens is 3. The van der Waals surface area contributed by atoms with Crippen molar-refractivity contribution in [2.75, 3.05) is 24.3 Å². The molecule has 1 aliphatic rings. The molecule has 9 heteroatoms. The number of benzene rings is 2. The van der Waals surface area contributed by atoms with Crippen LogP contribution in [0.5, 0.6) is 0 Å². The van der Waals surface area contributed by atoms with E-state index in [2.05, 4.69) is 20.6 Å². The summed E-state index contributed by atoms with van der Waals surface area (Å²) in [6.45, 7) is 0. The van der Waals surface area contributed by atoms with Crippen LogP contribution in [0, 0.1) is 17.5 Å². The zero-order valence-corrected chi connectivity index (χ0v) is 17.8. The molecule has 0 atom stereocenters. The SMILES string of the molecule is CN(C)c1nc(NC2CCC(NC(=O)c3c(F)cc(F)cc3F)CC2)nc2ccccc12. The van der Waals surface area contributed by atoms with E-state index in [9.17, 15) is 18.0 Å². The van der Waals surface area contributed by atoms with Gasteiger partial charge in [-0.25, -0.2) is 18.2 Å². The van der Waals surface area contributed by atoms with Gasteiger partial charge in [-0.05, 0) is 37.8 Å². The van der Waals surface area contributed by atoms with Gasteiger partial charge < -0.3 is 15.5 Å². The third-order valence-electron chi connectivity index (χ3n) is 5.64. The normalized spacial score (nSPS) is 18.4. The molecular weight excluding hydrogens is 419 g/mol. The van der Waals surface area contributed by atoms with Crippen LogP contribution in [0.2, 0.25) is 0 Å². The van der Waals surface area contributed by atoms with Gasteiger partial charge in [0.1, 0.15) is 28.8 Å². The van der Waals surface area contributed by atoms with Crippen molar-refractivity contribution in [3.8, 4) is 0 Å². The van der Waals surface area contributed by atoms with E-state index in [1.165, 1.54) is 0 Å². The standard InChI is InChI=1S/C23H24F3N5O/c1-31(2)21-16-5-3-4-6-19(16)29-23(30-21)28-15-9-7-14(8-10-15)27-22(32)20-17(25)11-13(24)12-18(20)26/h3-6,11-12,14-15H,7-10H2,1-2H3,(H,27,32)(H,28,29,30). The molecule has 32 heavy (non-hydrogen) atoms. The zero-order valence-electron chi connectivity index (χ0n) is 17.8. The molecule has 0 spiro atoms. The van der Waals surface area contributed by atoms with Gasteiger partial charge in [-0.15, -0.1) is 0 Å². The lowest BCUT2D eigenvalue weighted by molar-refractivity contribution is 0.0918. The second kappa shape index (κ2) is 9.02. The maximum absolute atomic E-state index is 13.9. The van der Waals surface area contributed by atoms with Gasteiger partial charge in [0.15, 0.2) is 0 Å². The van der Waals surface area contributed by atoms with Gasteiger partial charge in [0.2, 0.25) is 5.95 Å². The minimum atomic E-state index is -1.21. The molecular formula is C23H24F3N5O. The fourth-order valence-electron chi connectivity index (χ4n) is 4.05. The van der Waals surface area contributed by atoms with Crippen molar-refractivity contribution in [3.63, 3.8) is 0 Å². The Bertz CT molecular complexity index is 1120. The van der Waals surface area contributed by atoms with Gasteiger partial charge in [0.25, 0.3) is 5.91 Å². The van der Waals surface area contributed by atoms with Crippen molar-refractivity contribution in [1.82, 2.24) is 15.3 Å². The summed E-state index contributed by atoms with van der Waals surface area (Å²) in [6.07, 6.45) is 2.71. The Labute approximate surface area is 183 Å². The number of fused-ring (bicyclic) bond motifs is 1. The van der Waals surface area contributed by atoms with Crippen LogP contribution in [-0.4, -0.2) is 42.1 Å². The average Bonchev–Trinajstić information content (AvgIpc) is 2.73. The number of nitrogens with one attached hydrogen (secondary N) is 2. The van der Waals surface area contributed by atoms with Gasteiger partial charge in [-0.1, -0.05) is 12.1 Å². The lowest BCUT2D eigenvalue weighted by Gasteiger charge is -2.30. The highest BCUT2D eigenvalue weighted by atomic mass is 19.1. The number of aromatic nitrogens is 2. The first-order valence-corrected chi connectivity index (χ1v) is 10.5. The van der Waals surface area contributed by atoms with E-state index >= 15 is 0 Å². The minimum absolute atomic E-state index is 0.110. The second-order valence-electron chi connectivity index (χ2n) is 8.19. The smallest absolute Gasteiger partial charge is 0.257 e. The first kappa shape index (κ1) is 21.9. The lowest BCUT2D eigenvalue weighted by atomic mass is 9.91. The molecule has 6 nitrogen and oxygen atoms in total. The number of amides is 1. The van der Waals surface area contributed by atoms with Crippen LogP contribution in [0.4, 0.5) is 24.9 Å². The summed E-state index contributed by atoms with van der Waals surface area (Å²) in [7, 11) is 3.86. The number of carbonyl (C=O) groups excluding carboxylic acids is 1. The van der Waals surface area contributed by atoms with Crippen molar-refractivity contribution < 1.29 is 18.0 Å². The van der Waals surface area contributed by atoms with E-state index in [1.807, 2.05) is 43.3 Å². The molecule has 168 valence electrons. The fraction of sp³-hybridized carbons (Fsp3) is 0.348. The number of hydrogen-bond acceptors (Lipinski definition) is 5. The molecule has 1 heterocycles. The van der Waals surface area contributed by atoms with Crippen LogP contribution in [0.1, 0.15) is 36.0 Å². The molecule has 1 fully saturated rings. The summed E-state index contributed by atoms with van der Waals surface area (Å²) in [4.78, 5) is 23.5. The van der Waals surface area contributed by atoms with Crippen molar-refractivity contribution in [2.45, 2.75) is 37.8 Å². The van der Waals surface area contributed by atoms with E-state index < -0.39 is 28.9 Å². The largest absolute Gasteiger partial charge is 0.362 e. The summed E-state index contributed by atoms with van der Waals surface area (Å²) >= 11 is 0. The van der Waals surface area contributed by atoms with Crippen LogP contribution in [0.15, 0.2) is 36.4 Å². The summed E-state index contributed by atoms with van der Waals surface area (Å²) < 4.78 is 40.8. The zero-order chi connectivity index (χ0) is 22.8. The van der Waals surface area contributed by atoms with E-state index in [0.717, 1.165) is 29.6 Å². The Morgan fingerprint density at radius 1 is 0.969 bits per heavy atom. The van der Waals surface area contributed by atoms with E-state index in [1.54, 1.807) is 0 Å². The monoisotopic (exact) mass is 443 g/mol. The number of anilines is 2. The highest BCUT2D eigenvalue weighted by Crippen LogP contribution is 2.26. The number of nitrogens with zero attached hydrogens (tertiary/aromatic N) is 3. The molecule has 0 saturated heterocycles. The Morgan fingerprint density at radius 2 is 1.59 bits per heavy atom. The number of hydrogen-bond donors (Lipinski definition) is 2. The van der Waals surface area contributed by atoms with Gasteiger partial charge in [0.05, 0.1) is 5.52 Å². The van der Waals surface area contributed by atoms with Gasteiger partial charge in [-0.3, -0.25) is 4.79 Å². The summed E-state index contributed by atoms with van der Waals surface area (Å²) in [5.74, 6) is -2.99. The Morgan fingerprint density at radius 3 is 2.25 bits per heavy atom.